The van der Waals surface area contributed by atoms with Gasteiger partial charge in [0.05, 0.1) is 12.0 Å². The molecule has 0 N–H and O–H groups in total. The number of aromatic nitrogens is 4. The molecule has 0 spiro atoms. The largest absolute Gasteiger partial charge is 0.337 e. The summed E-state index contributed by atoms with van der Waals surface area (Å²) in [7, 11) is 0. The van der Waals surface area contributed by atoms with E-state index in [0.717, 1.165) is 22.0 Å². The van der Waals surface area contributed by atoms with Gasteiger partial charge < -0.3 is 4.57 Å². The van der Waals surface area contributed by atoms with Gasteiger partial charge in [-0.2, -0.15) is 0 Å². The van der Waals surface area contributed by atoms with Crippen molar-refractivity contribution in [2.24, 2.45) is 0 Å². The van der Waals surface area contributed by atoms with Crippen LogP contribution in [-0.2, 0) is 18.5 Å². The van der Waals surface area contributed by atoms with Crippen molar-refractivity contribution in [3.63, 3.8) is 0 Å². The van der Waals surface area contributed by atoms with Crippen molar-refractivity contribution < 1.29 is 0 Å². The number of rotatable bonds is 4. The SMILES string of the molecule is CCn1c(=O)c2c(ncn2Cc2ccc(C(C)(C)C)cc2)n(-c2cccc3ccccc23)c1=O. The van der Waals surface area contributed by atoms with Gasteiger partial charge >= 0.3 is 5.69 Å². The molecule has 0 amide bonds. The highest BCUT2D eigenvalue weighted by atomic mass is 16.2. The molecule has 34 heavy (non-hydrogen) atoms. The molecule has 0 saturated heterocycles. The zero-order chi connectivity index (χ0) is 24.0. The second-order valence-corrected chi connectivity index (χ2v) is 9.66. The zero-order valence-electron chi connectivity index (χ0n) is 19.9. The summed E-state index contributed by atoms with van der Waals surface area (Å²) in [5, 5.41) is 1.95. The highest BCUT2D eigenvalue weighted by molar-refractivity contribution is 5.91. The third kappa shape index (κ3) is 3.55. The fourth-order valence-electron chi connectivity index (χ4n) is 4.51. The molecular weight excluding hydrogens is 424 g/mol. The van der Waals surface area contributed by atoms with E-state index in [1.54, 1.807) is 10.9 Å². The molecule has 5 aromatic rings. The van der Waals surface area contributed by atoms with Gasteiger partial charge in [-0.25, -0.2) is 14.3 Å². The van der Waals surface area contributed by atoms with Crippen molar-refractivity contribution in [3.8, 4) is 5.69 Å². The van der Waals surface area contributed by atoms with Gasteiger partial charge in [0.1, 0.15) is 0 Å². The summed E-state index contributed by atoms with van der Waals surface area (Å²) in [5.74, 6) is 0. The van der Waals surface area contributed by atoms with Gasteiger partial charge in [0.25, 0.3) is 5.56 Å². The van der Waals surface area contributed by atoms with Crippen LogP contribution in [0.1, 0.15) is 38.8 Å². The van der Waals surface area contributed by atoms with E-state index in [1.165, 1.54) is 10.1 Å². The molecule has 0 aliphatic carbocycles. The van der Waals surface area contributed by atoms with Crippen LogP contribution in [0.5, 0.6) is 0 Å². The maximum atomic E-state index is 13.5. The monoisotopic (exact) mass is 452 g/mol. The first-order valence-corrected chi connectivity index (χ1v) is 11.6. The maximum Gasteiger partial charge on any atom is 0.337 e. The zero-order valence-corrected chi connectivity index (χ0v) is 19.9. The summed E-state index contributed by atoms with van der Waals surface area (Å²) in [6.45, 7) is 9.15. The average Bonchev–Trinajstić information content (AvgIpc) is 3.23. The molecule has 6 heteroatoms. The van der Waals surface area contributed by atoms with E-state index in [4.69, 9.17) is 0 Å². The van der Waals surface area contributed by atoms with Crippen LogP contribution in [0.15, 0.2) is 82.6 Å². The number of fused-ring (bicyclic) bond motifs is 2. The highest BCUT2D eigenvalue weighted by Crippen LogP contribution is 2.25. The van der Waals surface area contributed by atoms with Crippen molar-refractivity contribution in [2.45, 2.75) is 46.2 Å². The maximum absolute atomic E-state index is 13.5. The van der Waals surface area contributed by atoms with Crippen molar-refractivity contribution in [1.82, 2.24) is 18.7 Å². The van der Waals surface area contributed by atoms with Crippen molar-refractivity contribution in [2.75, 3.05) is 0 Å². The first-order valence-electron chi connectivity index (χ1n) is 11.6. The summed E-state index contributed by atoms with van der Waals surface area (Å²) >= 11 is 0. The van der Waals surface area contributed by atoms with E-state index in [9.17, 15) is 9.59 Å². The van der Waals surface area contributed by atoms with Crippen molar-refractivity contribution >= 4 is 21.9 Å². The molecule has 0 radical (unpaired) electrons. The Bertz CT molecular complexity index is 1630. The topological polar surface area (TPSA) is 61.8 Å². The van der Waals surface area contributed by atoms with Crippen molar-refractivity contribution in [3.05, 3.63) is 105 Å². The fourth-order valence-corrected chi connectivity index (χ4v) is 4.51. The Balaban J connectivity index is 1.72. The Labute approximate surface area is 197 Å². The second kappa shape index (κ2) is 8.13. The number of imidazole rings is 1. The van der Waals surface area contributed by atoms with E-state index < -0.39 is 0 Å². The van der Waals surface area contributed by atoms with E-state index >= 15 is 0 Å². The molecule has 172 valence electrons. The molecule has 6 nitrogen and oxygen atoms in total. The summed E-state index contributed by atoms with van der Waals surface area (Å²) < 4.78 is 4.70. The minimum absolute atomic E-state index is 0.0730. The minimum atomic E-state index is -0.379. The van der Waals surface area contributed by atoms with Crippen LogP contribution in [0, 0.1) is 0 Å². The second-order valence-electron chi connectivity index (χ2n) is 9.66. The van der Waals surface area contributed by atoms with Crippen LogP contribution in [-0.4, -0.2) is 18.7 Å². The van der Waals surface area contributed by atoms with E-state index in [0.29, 0.717) is 17.7 Å². The van der Waals surface area contributed by atoms with Gasteiger partial charge in [-0.15, -0.1) is 0 Å². The highest BCUT2D eigenvalue weighted by Gasteiger charge is 2.20. The Hall–Kier alpha value is -3.93. The van der Waals surface area contributed by atoms with Gasteiger partial charge in [0.2, 0.25) is 0 Å². The Morgan fingerprint density at radius 2 is 1.59 bits per heavy atom. The average molecular weight is 453 g/mol. The van der Waals surface area contributed by atoms with E-state index in [2.05, 4.69) is 50.0 Å². The number of hydrogen-bond acceptors (Lipinski definition) is 3. The van der Waals surface area contributed by atoms with Crippen LogP contribution >= 0.6 is 0 Å². The molecule has 0 aliphatic heterocycles. The van der Waals surface area contributed by atoms with Crippen molar-refractivity contribution in [1.29, 1.82) is 0 Å². The van der Waals surface area contributed by atoms with Gasteiger partial charge in [-0.3, -0.25) is 9.36 Å². The molecule has 0 bridgehead atoms. The Morgan fingerprint density at radius 1 is 0.882 bits per heavy atom. The molecule has 0 saturated carbocycles. The fraction of sp³-hybridized carbons (Fsp3) is 0.250. The lowest BCUT2D eigenvalue weighted by Gasteiger charge is -2.19. The molecule has 2 heterocycles. The number of benzene rings is 3. The van der Waals surface area contributed by atoms with Crippen LogP contribution in [0.2, 0.25) is 0 Å². The Kier molecular flexibility index (Phi) is 5.24. The first kappa shape index (κ1) is 21.9. The molecule has 0 unspecified atom stereocenters. The summed E-state index contributed by atoms with van der Waals surface area (Å²) in [4.78, 5) is 31.4. The predicted octanol–water partition coefficient (Wildman–Crippen LogP) is 4.87. The number of hydrogen-bond donors (Lipinski definition) is 0. The quantitative estimate of drug-likeness (QED) is 0.391. The first-order chi connectivity index (χ1) is 16.3. The predicted molar refractivity (Wildman–Crippen MR) is 137 cm³/mol. The van der Waals surface area contributed by atoms with Crippen LogP contribution in [0.3, 0.4) is 0 Å². The van der Waals surface area contributed by atoms with Crippen LogP contribution < -0.4 is 11.2 Å². The summed E-state index contributed by atoms with van der Waals surface area (Å²) in [6.07, 6.45) is 1.66. The lowest BCUT2D eigenvalue weighted by atomic mass is 9.87. The molecule has 2 aromatic heterocycles. The molecule has 5 rings (SSSR count). The molecule has 0 atom stereocenters. The third-order valence-electron chi connectivity index (χ3n) is 6.40. The summed E-state index contributed by atoms with van der Waals surface area (Å²) in [6, 6.07) is 22.2. The van der Waals surface area contributed by atoms with Gasteiger partial charge in [0, 0.05) is 18.5 Å². The molecular formula is C28H28N4O2. The van der Waals surface area contributed by atoms with E-state index in [-0.39, 0.29) is 23.2 Å². The minimum Gasteiger partial charge on any atom is -0.320 e. The third-order valence-corrected chi connectivity index (χ3v) is 6.40. The lowest BCUT2D eigenvalue weighted by molar-refractivity contribution is 0.590. The smallest absolute Gasteiger partial charge is 0.320 e. The molecule has 0 fully saturated rings. The van der Waals surface area contributed by atoms with Crippen LogP contribution in [0.25, 0.3) is 27.6 Å². The van der Waals surface area contributed by atoms with E-state index in [1.807, 2.05) is 54.0 Å². The van der Waals surface area contributed by atoms with Gasteiger partial charge in [-0.05, 0) is 34.9 Å². The molecule has 0 aliphatic rings. The number of nitrogens with zero attached hydrogens (tertiary/aromatic N) is 4. The standard InChI is InChI=1S/C28H28N4O2/c1-5-31-26(33)24-25(29-18-30(24)17-19-13-15-21(16-14-19)28(2,3)4)32(27(31)34)23-12-8-10-20-9-6-7-11-22(20)23/h6-16,18H,5,17H2,1-4H3. The van der Waals surface area contributed by atoms with Gasteiger partial charge in [-0.1, -0.05) is 81.4 Å². The Morgan fingerprint density at radius 3 is 2.29 bits per heavy atom. The summed E-state index contributed by atoms with van der Waals surface area (Å²) in [5.41, 5.74) is 3.22. The lowest BCUT2D eigenvalue weighted by Crippen LogP contribution is -2.39. The van der Waals surface area contributed by atoms with Gasteiger partial charge in [0.15, 0.2) is 11.2 Å². The normalized spacial score (nSPS) is 12.0. The van der Waals surface area contributed by atoms with Crippen LogP contribution in [0.4, 0.5) is 0 Å². The molecule has 3 aromatic carbocycles.